The van der Waals surface area contributed by atoms with Gasteiger partial charge in [-0.1, -0.05) is 60.7 Å². The third kappa shape index (κ3) is 6.08. The first-order valence-electron chi connectivity index (χ1n) is 7.31. The summed E-state index contributed by atoms with van der Waals surface area (Å²) in [5, 5.41) is 10.3. The molecule has 0 aliphatic carbocycles. The van der Waals surface area contributed by atoms with Gasteiger partial charge in [0.05, 0.1) is 12.2 Å². The van der Waals surface area contributed by atoms with Gasteiger partial charge in [0.2, 0.25) is 0 Å². The van der Waals surface area contributed by atoms with Gasteiger partial charge in [-0.25, -0.2) is 0 Å². The Morgan fingerprint density at radius 3 is 2.14 bits per heavy atom. The standard InChI is InChI=1S/C18H23NO2/c1-18(20,13-12-16-8-4-2-5-9-16)15-19-21-14-17-10-6-3-7-11-17/h2-11,19-20H,12-15H2,1H3. The van der Waals surface area contributed by atoms with Crippen LogP contribution in [0.1, 0.15) is 24.5 Å². The number of nitrogens with one attached hydrogen (secondary N) is 1. The van der Waals surface area contributed by atoms with Crippen LogP contribution in [0.4, 0.5) is 0 Å². The fourth-order valence-corrected chi connectivity index (χ4v) is 2.06. The van der Waals surface area contributed by atoms with Gasteiger partial charge in [0.1, 0.15) is 0 Å². The highest BCUT2D eigenvalue weighted by Crippen LogP contribution is 2.13. The molecular weight excluding hydrogens is 262 g/mol. The molecule has 0 saturated heterocycles. The normalized spacial score (nSPS) is 13.8. The second-order valence-corrected chi connectivity index (χ2v) is 5.58. The average molecular weight is 285 g/mol. The molecule has 112 valence electrons. The van der Waals surface area contributed by atoms with E-state index in [0.29, 0.717) is 19.6 Å². The van der Waals surface area contributed by atoms with Crippen LogP contribution in [0.5, 0.6) is 0 Å². The van der Waals surface area contributed by atoms with E-state index in [1.165, 1.54) is 5.56 Å². The monoisotopic (exact) mass is 285 g/mol. The molecular formula is C18H23NO2. The van der Waals surface area contributed by atoms with E-state index >= 15 is 0 Å². The average Bonchev–Trinajstić information content (AvgIpc) is 2.52. The maximum atomic E-state index is 10.3. The lowest BCUT2D eigenvalue weighted by Gasteiger charge is -2.23. The van der Waals surface area contributed by atoms with Gasteiger partial charge < -0.3 is 5.11 Å². The Labute approximate surface area is 126 Å². The molecule has 3 nitrogen and oxygen atoms in total. The Morgan fingerprint density at radius 1 is 0.952 bits per heavy atom. The van der Waals surface area contributed by atoms with E-state index in [0.717, 1.165) is 12.0 Å². The Morgan fingerprint density at radius 2 is 1.52 bits per heavy atom. The summed E-state index contributed by atoms with van der Waals surface area (Å²) in [5.41, 5.74) is 4.42. The van der Waals surface area contributed by atoms with Gasteiger partial charge >= 0.3 is 0 Å². The minimum absolute atomic E-state index is 0.409. The highest BCUT2D eigenvalue weighted by molar-refractivity contribution is 5.15. The minimum atomic E-state index is -0.785. The summed E-state index contributed by atoms with van der Waals surface area (Å²) in [6.45, 7) is 2.73. The molecule has 2 rings (SSSR count). The smallest absolute Gasteiger partial charge is 0.0933 e. The maximum Gasteiger partial charge on any atom is 0.0933 e. The molecule has 0 aliphatic rings. The molecule has 0 radical (unpaired) electrons. The molecule has 3 heteroatoms. The van der Waals surface area contributed by atoms with Crippen molar-refractivity contribution < 1.29 is 9.94 Å². The van der Waals surface area contributed by atoms with Gasteiger partial charge in [-0.15, -0.1) is 0 Å². The van der Waals surface area contributed by atoms with Crippen LogP contribution >= 0.6 is 0 Å². The van der Waals surface area contributed by atoms with Gasteiger partial charge in [-0.05, 0) is 30.9 Å². The number of rotatable bonds is 8. The first kappa shape index (κ1) is 15.7. The van der Waals surface area contributed by atoms with Gasteiger partial charge in [0.25, 0.3) is 0 Å². The van der Waals surface area contributed by atoms with Crippen LogP contribution in [-0.2, 0) is 17.9 Å². The van der Waals surface area contributed by atoms with E-state index in [1.807, 2.05) is 55.5 Å². The first-order chi connectivity index (χ1) is 10.2. The summed E-state index contributed by atoms with van der Waals surface area (Å²) in [5.74, 6) is 0. The van der Waals surface area contributed by atoms with Gasteiger partial charge in [0, 0.05) is 6.54 Å². The maximum absolute atomic E-state index is 10.3. The number of hydroxylamine groups is 1. The number of aliphatic hydroxyl groups is 1. The molecule has 0 saturated carbocycles. The molecule has 0 heterocycles. The van der Waals surface area contributed by atoms with E-state index in [-0.39, 0.29) is 0 Å². The van der Waals surface area contributed by atoms with E-state index < -0.39 is 5.60 Å². The van der Waals surface area contributed by atoms with Gasteiger partial charge in [-0.3, -0.25) is 4.84 Å². The predicted octanol–water partition coefficient (Wildman–Crippen LogP) is 3.09. The van der Waals surface area contributed by atoms with Crippen molar-refractivity contribution in [1.29, 1.82) is 0 Å². The van der Waals surface area contributed by atoms with Gasteiger partial charge in [-0.2, -0.15) is 5.48 Å². The first-order valence-corrected chi connectivity index (χ1v) is 7.31. The van der Waals surface area contributed by atoms with E-state index in [1.54, 1.807) is 0 Å². The molecule has 0 spiro atoms. The molecule has 0 bridgehead atoms. The molecule has 1 atom stereocenters. The summed E-state index contributed by atoms with van der Waals surface area (Å²) in [4.78, 5) is 5.40. The third-order valence-electron chi connectivity index (χ3n) is 3.43. The fraction of sp³-hybridized carbons (Fsp3) is 0.333. The number of aryl methyl sites for hydroxylation is 1. The van der Waals surface area contributed by atoms with Crippen molar-refractivity contribution >= 4 is 0 Å². The number of hydrogen-bond donors (Lipinski definition) is 2. The van der Waals surface area contributed by atoms with Crippen LogP contribution in [0.15, 0.2) is 60.7 Å². The summed E-state index contributed by atoms with van der Waals surface area (Å²) in [6.07, 6.45) is 1.55. The largest absolute Gasteiger partial charge is 0.389 e. The predicted molar refractivity (Wildman–Crippen MR) is 84.6 cm³/mol. The molecule has 0 aromatic heterocycles. The summed E-state index contributed by atoms with van der Waals surface area (Å²) < 4.78 is 0. The van der Waals surface area contributed by atoms with E-state index in [4.69, 9.17) is 4.84 Å². The number of hydrogen-bond acceptors (Lipinski definition) is 3. The topological polar surface area (TPSA) is 41.5 Å². The zero-order chi connectivity index (χ0) is 15.0. The summed E-state index contributed by atoms with van der Waals surface area (Å²) in [7, 11) is 0. The second-order valence-electron chi connectivity index (χ2n) is 5.58. The Hall–Kier alpha value is -1.68. The quantitative estimate of drug-likeness (QED) is 0.578. The van der Waals surface area contributed by atoms with E-state index in [2.05, 4.69) is 17.6 Å². The van der Waals surface area contributed by atoms with Crippen molar-refractivity contribution in [3.05, 3.63) is 71.8 Å². The molecule has 2 aromatic carbocycles. The lowest BCUT2D eigenvalue weighted by molar-refractivity contribution is -0.0340. The molecule has 0 fully saturated rings. The zero-order valence-corrected chi connectivity index (χ0v) is 12.5. The molecule has 21 heavy (non-hydrogen) atoms. The number of benzene rings is 2. The van der Waals surface area contributed by atoms with Crippen molar-refractivity contribution in [3.63, 3.8) is 0 Å². The molecule has 2 N–H and O–H groups in total. The van der Waals surface area contributed by atoms with Crippen LogP contribution in [0.2, 0.25) is 0 Å². The van der Waals surface area contributed by atoms with Crippen LogP contribution < -0.4 is 5.48 Å². The van der Waals surface area contributed by atoms with Crippen LogP contribution in [0.25, 0.3) is 0 Å². The van der Waals surface area contributed by atoms with Crippen molar-refractivity contribution in [2.24, 2.45) is 0 Å². The third-order valence-corrected chi connectivity index (χ3v) is 3.43. The molecule has 0 aliphatic heterocycles. The van der Waals surface area contributed by atoms with E-state index in [9.17, 15) is 5.11 Å². The summed E-state index contributed by atoms with van der Waals surface area (Å²) in [6, 6.07) is 20.2. The van der Waals surface area contributed by atoms with Crippen molar-refractivity contribution in [2.45, 2.75) is 32.0 Å². The Bertz CT molecular complexity index is 511. The Balaban J connectivity index is 1.66. The Kier molecular flexibility index (Phi) is 5.93. The van der Waals surface area contributed by atoms with Crippen molar-refractivity contribution in [3.8, 4) is 0 Å². The molecule has 0 amide bonds. The second kappa shape index (κ2) is 7.93. The van der Waals surface area contributed by atoms with Crippen molar-refractivity contribution in [1.82, 2.24) is 5.48 Å². The van der Waals surface area contributed by atoms with Crippen LogP contribution in [-0.4, -0.2) is 17.3 Å². The van der Waals surface area contributed by atoms with Crippen LogP contribution in [0.3, 0.4) is 0 Å². The highest BCUT2D eigenvalue weighted by Gasteiger charge is 2.19. The van der Waals surface area contributed by atoms with Crippen LogP contribution in [0, 0.1) is 0 Å². The van der Waals surface area contributed by atoms with Gasteiger partial charge in [0.15, 0.2) is 0 Å². The highest BCUT2D eigenvalue weighted by atomic mass is 16.6. The SMILES string of the molecule is CC(O)(CCc1ccccc1)CNOCc1ccccc1. The zero-order valence-electron chi connectivity index (χ0n) is 12.5. The lowest BCUT2D eigenvalue weighted by Crippen LogP contribution is -2.38. The van der Waals surface area contributed by atoms with Crippen molar-refractivity contribution in [2.75, 3.05) is 6.54 Å². The minimum Gasteiger partial charge on any atom is -0.389 e. The summed E-state index contributed by atoms with van der Waals surface area (Å²) >= 11 is 0. The molecule has 2 aromatic rings. The lowest BCUT2D eigenvalue weighted by atomic mass is 9.97. The fourth-order valence-electron chi connectivity index (χ4n) is 2.06. The molecule has 1 unspecified atom stereocenters.